The monoisotopic (exact) mass is 480 g/mol. The van der Waals surface area contributed by atoms with E-state index in [0.717, 1.165) is 37.1 Å². The Morgan fingerprint density at radius 3 is 2.52 bits per heavy atom. The first-order chi connectivity index (χ1) is 15.0. The van der Waals surface area contributed by atoms with Crippen molar-refractivity contribution in [3.63, 3.8) is 0 Å². The summed E-state index contributed by atoms with van der Waals surface area (Å²) in [5, 5.41) is 5.66. The summed E-state index contributed by atoms with van der Waals surface area (Å²) in [7, 11) is 3.08. The molecule has 0 bridgehead atoms. The van der Waals surface area contributed by atoms with Crippen LogP contribution in [0.5, 0.6) is 11.5 Å². The third kappa shape index (κ3) is 4.48. The highest BCUT2D eigenvalue weighted by Crippen LogP contribution is 2.46. The number of rotatable bonds is 7. The number of pyridine rings is 1. The number of fused-ring (bicyclic) bond motifs is 1. The molecule has 4 rings (SSSR count). The van der Waals surface area contributed by atoms with Gasteiger partial charge in [0.05, 0.1) is 36.6 Å². The minimum atomic E-state index is 0.358. The number of ether oxygens (including phenoxy) is 3. The first-order valence-corrected chi connectivity index (χ1v) is 11.7. The third-order valence-corrected chi connectivity index (χ3v) is 6.45. The Hall–Kier alpha value is -2.00. The normalized spacial score (nSPS) is 16.0. The van der Waals surface area contributed by atoms with Crippen LogP contribution < -0.4 is 14.8 Å². The maximum Gasteiger partial charge on any atom is 0.187 e. The first kappa shape index (κ1) is 22.2. The van der Waals surface area contributed by atoms with Gasteiger partial charge < -0.3 is 19.5 Å². The number of nitrogens with zero attached hydrogens (tertiary/aromatic N) is 3. The highest BCUT2D eigenvalue weighted by atomic mass is 35.5. The first-order valence-electron chi connectivity index (χ1n) is 9.69. The fraction of sp³-hybridized carbons (Fsp3) is 0.381. The van der Waals surface area contributed by atoms with E-state index in [-0.39, 0.29) is 0 Å². The molecule has 3 aromatic rings. The van der Waals surface area contributed by atoms with Crippen molar-refractivity contribution >= 4 is 51.7 Å². The second-order valence-electron chi connectivity index (χ2n) is 7.05. The van der Waals surface area contributed by atoms with E-state index < -0.39 is 0 Å². The largest absolute Gasteiger partial charge is 0.495 e. The Kier molecular flexibility index (Phi) is 6.91. The second-order valence-corrected chi connectivity index (χ2v) is 8.57. The molecule has 1 aliphatic heterocycles. The molecule has 164 valence electrons. The Balaban J connectivity index is 1.87. The van der Waals surface area contributed by atoms with Crippen LogP contribution in [0, 0.1) is 5.92 Å². The lowest BCUT2D eigenvalue weighted by atomic mass is 10.1. The van der Waals surface area contributed by atoms with Gasteiger partial charge in [0.15, 0.2) is 11.0 Å². The van der Waals surface area contributed by atoms with Gasteiger partial charge in [-0.05, 0) is 18.7 Å². The molecule has 1 fully saturated rings. The SMILES string of the molecule is COc1cc(OC)c(Cl)c(-c2cc3cnc(SC)nc3c(NCC3CCOC3)n2)c1Cl. The van der Waals surface area contributed by atoms with Crippen molar-refractivity contribution in [3.8, 4) is 22.8 Å². The zero-order chi connectivity index (χ0) is 22.0. The maximum absolute atomic E-state index is 6.63. The van der Waals surface area contributed by atoms with Crippen LogP contribution in [0.4, 0.5) is 5.82 Å². The standard InChI is InChI=1S/C21H22Cl2N4O3S/c1-28-14-7-15(29-2)18(23)16(17(14)22)13-6-12-9-25-21(31-3)27-19(12)20(26-13)24-8-11-4-5-30-10-11/h6-7,9,11H,4-5,8,10H2,1-3H3,(H,24,26). The highest BCUT2D eigenvalue weighted by molar-refractivity contribution is 7.98. The van der Waals surface area contributed by atoms with Gasteiger partial charge in [0.25, 0.3) is 0 Å². The van der Waals surface area contributed by atoms with Crippen molar-refractivity contribution in [2.45, 2.75) is 11.6 Å². The molecule has 0 saturated carbocycles. The molecule has 0 spiro atoms. The Morgan fingerprint density at radius 1 is 1.16 bits per heavy atom. The summed E-state index contributed by atoms with van der Waals surface area (Å²) in [6.45, 7) is 2.25. The molecule has 1 aromatic carbocycles. The molecule has 2 aromatic heterocycles. The number of halogens is 2. The lowest BCUT2D eigenvalue weighted by molar-refractivity contribution is 0.187. The van der Waals surface area contributed by atoms with Crippen LogP contribution in [0.15, 0.2) is 23.5 Å². The highest BCUT2D eigenvalue weighted by Gasteiger charge is 2.22. The molecular formula is C21H22Cl2N4O3S. The van der Waals surface area contributed by atoms with Gasteiger partial charge in [-0.1, -0.05) is 35.0 Å². The van der Waals surface area contributed by atoms with Gasteiger partial charge in [-0.15, -0.1) is 0 Å². The van der Waals surface area contributed by atoms with Gasteiger partial charge in [0.2, 0.25) is 0 Å². The number of benzene rings is 1. The Bertz CT molecular complexity index is 1080. The van der Waals surface area contributed by atoms with Crippen LogP contribution in [0.25, 0.3) is 22.2 Å². The molecule has 10 heteroatoms. The number of methoxy groups -OCH3 is 2. The van der Waals surface area contributed by atoms with Crippen molar-refractivity contribution < 1.29 is 14.2 Å². The van der Waals surface area contributed by atoms with Crippen LogP contribution in [0.2, 0.25) is 10.0 Å². The fourth-order valence-electron chi connectivity index (χ4n) is 3.47. The number of thioether (sulfide) groups is 1. The molecule has 3 heterocycles. The van der Waals surface area contributed by atoms with Gasteiger partial charge in [0.1, 0.15) is 17.0 Å². The molecule has 0 amide bonds. The second kappa shape index (κ2) is 9.65. The van der Waals surface area contributed by atoms with Crippen LogP contribution in [-0.2, 0) is 4.74 Å². The van der Waals surface area contributed by atoms with Crippen molar-refractivity contribution in [1.82, 2.24) is 15.0 Å². The summed E-state index contributed by atoms with van der Waals surface area (Å²) < 4.78 is 16.3. The van der Waals surface area contributed by atoms with E-state index in [0.29, 0.717) is 49.7 Å². The minimum Gasteiger partial charge on any atom is -0.495 e. The van der Waals surface area contributed by atoms with Gasteiger partial charge in [-0.3, -0.25) is 0 Å². The average Bonchev–Trinajstić information content (AvgIpc) is 3.31. The molecule has 1 N–H and O–H groups in total. The summed E-state index contributed by atoms with van der Waals surface area (Å²) in [4.78, 5) is 13.9. The van der Waals surface area contributed by atoms with Gasteiger partial charge in [0, 0.05) is 42.3 Å². The van der Waals surface area contributed by atoms with E-state index in [1.807, 2.05) is 12.3 Å². The van der Waals surface area contributed by atoms with Crippen molar-refractivity contribution in [2.24, 2.45) is 5.92 Å². The summed E-state index contributed by atoms with van der Waals surface area (Å²) >= 11 is 14.7. The quantitative estimate of drug-likeness (QED) is 0.365. The molecule has 0 aliphatic carbocycles. The predicted molar refractivity (Wildman–Crippen MR) is 125 cm³/mol. The molecular weight excluding hydrogens is 459 g/mol. The van der Waals surface area contributed by atoms with Gasteiger partial charge in [-0.25, -0.2) is 15.0 Å². The van der Waals surface area contributed by atoms with Crippen molar-refractivity contribution in [1.29, 1.82) is 0 Å². The van der Waals surface area contributed by atoms with Gasteiger partial charge >= 0.3 is 0 Å². The topological polar surface area (TPSA) is 78.4 Å². The number of nitrogens with one attached hydrogen (secondary N) is 1. The zero-order valence-electron chi connectivity index (χ0n) is 17.4. The van der Waals surface area contributed by atoms with E-state index in [9.17, 15) is 0 Å². The van der Waals surface area contributed by atoms with Crippen molar-refractivity contribution in [3.05, 3.63) is 28.4 Å². The molecule has 7 nitrogen and oxygen atoms in total. The molecule has 1 saturated heterocycles. The number of aromatic nitrogens is 3. The zero-order valence-corrected chi connectivity index (χ0v) is 19.7. The molecule has 0 radical (unpaired) electrons. The van der Waals surface area contributed by atoms with E-state index in [1.165, 1.54) is 11.8 Å². The summed E-state index contributed by atoms with van der Waals surface area (Å²) in [5.74, 6) is 1.97. The van der Waals surface area contributed by atoms with E-state index in [4.69, 9.17) is 42.4 Å². The average molecular weight is 481 g/mol. The Labute approximate surface area is 194 Å². The summed E-state index contributed by atoms with van der Waals surface area (Å²) in [6.07, 6.45) is 4.73. The van der Waals surface area contributed by atoms with Crippen LogP contribution >= 0.6 is 35.0 Å². The minimum absolute atomic E-state index is 0.358. The lowest BCUT2D eigenvalue weighted by Crippen LogP contribution is -2.15. The smallest absolute Gasteiger partial charge is 0.187 e. The molecule has 1 atom stereocenters. The number of hydrogen-bond acceptors (Lipinski definition) is 8. The summed E-state index contributed by atoms with van der Waals surface area (Å²) in [6, 6.07) is 3.53. The molecule has 31 heavy (non-hydrogen) atoms. The predicted octanol–water partition coefficient (Wildman–Crippen LogP) is 5.19. The number of anilines is 1. The van der Waals surface area contributed by atoms with Crippen molar-refractivity contribution in [2.75, 3.05) is 45.6 Å². The Morgan fingerprint density at radius 2 is 1.90 bits per heavy atom. The maximum atomic E-state index is 6.63. The molecule has 1 unspecified atom stereocenters. The van der Waals surface area contributed by atoms with E-state index in [1.54, 1.807) is 26.5 Å². The summed E-state index contributed by atoms with van der Waals surface area (Å²) in [5.41, 5.74) is 1.84. The van der Waals surface area contributed by atoms with Crippen LogP contribution in [0.3, 0.4) is 0 Å². The van der Waals surface area contributed by atoms with E-state index in [2.05, 4.69) is 15.3 Å². The lowest BCUT2D eigenvalue weighted by Gasteiger charge is -2.17. The molecule has 1 aliphatic rings. The van der Waals surface area contributed by atoms with Gasteiger partial charge in [-0.2, -0.15) is 0 Å². The fourth-order valence-corrected chi connectivity index (χ4v) is 4.50. The van der Waals surface area contributed by atoms with E-state index >= 15 is 0 Å². The van der Waals surface area contributed by atoms with Crippen LogP contribution in [0.1, 0.15) is 6.42 Å². The third-order valence-electron chi connectivity index (χ3n) is 5.14. The number of hydrogen-bond donors (Lipinski definition) is 1. The van der Waals surface area contributed by atoms with Crippen LogP contribution in [-0.4, -0.2) is 55.2 Å².